The molecule has 0 N–H and O–H groups in total. The molecule has 0 amide bonds. The number of aryl methyl sites for hydroxylation is 2. The molecule has 0 bridgehead atoms. The molecule has 0 atom stereocenters. The topological polar surface area (TPSA) is 37.8 Å². The van der Waals surface area contributed by atoms with Gasteiger partial charge in [0.2, 0.25) is 0 Å². The van der Waals surface area contributed by atoms with Crippen LogP contribution in [0.25, 0.3) is 122 Å². The summed E-state index contributed by atoms with van der Waals surface area (Å²) < 4.78 is 77.7. The third-order valence-corrected chi connectivity index (χ3v) is 15.8. The number of hydrogen-bond donors (Lipinski definition) is 0. The minimum atomic E-state index is -2.52. The number of rotatable bonds is 2. The van der Waals surface area contributed by atoms with Gasteiger partial charge in [-0.25, -0.2) is 0 Å². The summed E-state index contributed by atoms with van der Waals surface area (Å²) in [5.74, 6) is 1.44. The zero-order chi connectivity index (χ0) is 49.0. The lowest BCUT2D eigenvalue weighted by Gasteiger charge is -2.38. The highest BCUT2D eigenvalue weighted by molar-refractivity contribution is 7.02. The van der Waals surface area contributed by atoms with Crippen molar-refractivity contribution in [1.82, 2.24) is 27.1 Å². The predicted octanol–water partition coefficient (Wildman–Crippen LogP) is 12.4. The molecule has 0 fully saturated rings. The number of para-hydroxylation sites is 6. The molecule has 3 aliphatic heterocycles. The zero-order valence-electron chi connectivity index (χ0n) is 41.9. The Morgan fingerprint density at radius 3 is 1.24 bits per heavy atom. The van der Waals surface area contributed by atoms with E-state index in [-0.39, 0.29) is 11.1 Å². The molecule has 0 saturated heterocycles. The second-order valence-corrected chi connectivity index (χ2v) is 18.7. The summed E-state index contributed by atoms with van der Waals surface area (Å²) in [4.78, 5) is 0. The fourth-order valence-corrected chi connectivity index (χ4v) is 13.4. The molecule has 68 heavy (non-hydrogen) atoms. The van der Waals surface area contributed by atoms with Gasteiger partial charge in [-0.05, 0) is 79.8 Å². The van der Waals surface area contributed by atoms with E-state index in [4.69, 9.17) is 4.74 Å². The molecule has 3 aliphatic rings. The molecule has 18 rings (SSSR count). The van der Waals surface area contributed by atoms with Gasteiger partial charge in [0.15, 0.2) is 0 Å². The number of fused-ring (bicyclic) bond motifs is 22. The van der Waals surface area contributed by atoms with Crippen LogP contribution in [-0.2, 0) is 0 Å². The van der Waals surface area contributed by atoms with Crippen LogP contribution >= 0.6 is 0 Å². The van der Waals surface area contributed by atoms with Crippen molar-refractivity contribution in [2.24, 2.45) is 0 Å². The van der Waals surface area contributed by atoms with Crippen LogP contribution in [0.15, 0.2) is 176 Å². The quantitative estimate of drug-likeness (QED) is 0.159. The summed E-state index contributed by atoms with van der Waals surface area (Å²) in [5.41, 5.74) is 17.0. The maximum absolute atomic E-state index is 9.36. The van der Waals surface area contributed by atoms with E-state index in [9.17, 15) is 8.22 Å². The molecule has 7 nitrogen and oxygen atoms in total. The lowest BCUT2D eigenvalue weighted by atomic mass is 9.33. The molecule has 6 aromatic heterocycles. The van der Waals surface area contributed by atoms with Crippen LogP contribution in [0.3, 0.4) is 0 Å². The van der Waals surface area contributed by atoms with E-state index in [1.807, 2.05) is 66.7 Å². The first-order valence-corrected chi connectivity index (χ1v) is 23.2. The van der Waals surface area contributed by atoms with E-state index >= 15 is 0 Å². The van der Waals surface area contributed by atoms with Crippen molar-refractivity contribution in [1.29, 1.82) is 0 Å². The average molecular weight is 873 g/mol. The number of nitrogens with zero attached hydrogens (tertiary/aromatic N) is 6. The van der Waals surface area contributed by atoms with Gasteiger partial charge in [0.1, 0.15) is 22.8 Å². The normalized spacial score (nSPS) is 15.2. The molecule has 15 aromatic rings. The highest BCUT2D eigenvalue weighted by Gasteiger charge is 2.50. The Morgan fingerprint density at radius 1 is 0.368 bits per heavy atom. The predicted molar refractivity (Wildman–Crippen MR) is 280 cm³/mol. The second kappa shape index (κ2) is 11.4. The summed E-state index contributed by atoms with van der Waals surface area (Å²) in [6.07, 6.45) is 0. The molecule has 8 heteroatoms. The van der Waals surface area contributed by atoms with E-state index in [1.165, 1.54) is 0 Å². The molecule has 0 saturated carbocycles. The number of imidazole rings is 2. The Balaban J connectivity index is 1.18. The van der Waals surface area contributed by atoms with E-state index in [2.05, 4.69) is 136 Å². The third-order valence-electron chi connectivity index (χ3n) is 15.8. The Morgan fingerprint density at radius 2 is 0.779 bits per heavy atom. The Bertz CT molecular complexity index is 4830. The summed E-state index contributed by atoms with van der Waals surface area (Å²) >= 11 is 0. The van der Waals surface area contributed by atoms with Crippen LogP contribution in [0.4, 0.5) is 0 Å². The van der Waals surface area contributed by atoms with Gasteiger partial charge in [0.05, 0.1) is 65.9 Å². The van der Waals surface area contributed by atoms with E-state index < -0.39 is 20.4 Å². The molecule has 0 unspecified atom stereocenters. The van der Waals surface area contributed by atoms with Gasteiger partial charge >= 0.3 is 0 Å². The highest BCUT2D eigenvalue weighted by atomic mass is 16.5. The largest absolute Gasteiger partial charge is 0.457 e. The van der Waals surface area contributed by atoms with Gasteiger partial charge < -0.3 is 13.9 Å². The van der Waals surface area contributed by atoms with Crippen molar-refractivity contribution in [2.75, 3.05) is 0 Å². The summed E-state index contributed by atoms with van der Waals surface area (Å²) in [6, 6.07) is 59.9. The van der Waals surface area contributed by atoms with Gasteiger partial charge in [-0.2, -0.15) is 0 Å². The molecule has 9 aromatic carbocycles. The van der Waals surface area contributed by atoms with Crippen molar-refractivity contribution < 1.29 is 13.0 Å². The zero-order valence-corrected chi connectivity index (χ0v) is 35.9. The summed E-state index contributed by atoms with van der Waals surface area (Å²) in [6.45, 7) is -5.47. The Hall–Kier alpha value is -8.88. The van der Waals surface area contributed by atoms with Crippen LogP contribution < -0.4 is 21.1 Å². The highest BCUT2D eigenvalue weighted by Crippen LogP contribution is 2.53. The molecule has 0 aliphatic carbocycles. The van der Waals surface area contributed by atoms with Gasteiger partial charge in [-0.3, -0.25) is 17.9 Å². The van der Waals surface area contributed by atoms with Crippen molar-refractivity contribution in [3.8, 4) is 34.2 Å². The van der Waals surface area contributed by atoms with Gasteiger partial charge in [-0.1, -0.05) is 115 Å². The molecular weight excluding hydrogens is 832 g/mol. The lowest BCUT2D eigenvalue weighted by Crippen LogP contribution is -2.61. The van der Waals surface area contributed by atoms with Gasteiger partial charge in [-0.15, -0.1) is 0 Å². The molecule has 0 spiro atoms. The van der Waals surface area contributed by atoms with Crippen LogP contribution in [0.2, 0.25) is 0 Å². The smallest absolute Gasteiger partial charge is 0.262 e. The van der Waals surface area contributed by atoms with Crippen molar-refractivity contribution in [3.05, 3.63) is 187 Å². The number of ether oxygens (including phenoxy) is 1. The third kappa shape index (κ3) is 3.55. The Kier molecular flexibility index (Phi) is 4.95. The average Bonchev–Trinajstić information content (AvgIpc) is 4.33. The SMILES string of the molecule is [2H]C([2H])([2H])c1c2ccccc2n2c3c4c5c(c6c7ccccc7n(-c7ccccc7)c63)Oc3c6c7c(c8c3c3ccccc3n8-c3ccccc3)n3c8ccccc8c(C([2H])([2H])[2H])c3n7-c3cccc(c3B56)-n4c12. The summed E-state index contributed by atoms with van der Waals surface area (Å²) in [7, 11) is 0. The fourth-order valence-electron chi connectivity index (χ4n) is 13.4. The van der Waals surface area contributed by atoms with Crippen molar-refractivity contribution in [2.45, 2.75) is 13.7 Å². The van der Waals surface area contributed by atoms with Crippen LogP contribution in [0.5, 0.6) is 11.5 Å². The maximum Gasteiger partial charge on any atom is 0.262 e. The molecule has 9 heterocycles. The summed E-state index contributed by atoms with van der Waals surface area (Å²) in [5, 5.41) is 5.17. The van der Waals surface area contributed by atoms with E-state index in [0.717, 1.165) is 127 Å². The lowest BCUT2D eigenvalue weighted by molar-refractivity contribution is 0.500. The minimum Gasteiger partial charge on any atom is -0.457 e. The van der Waals surface area contributed by atoms with E-state index in [1.54, 1.807) is 0 Å². The second-order valence-electron chi connectivity index (χ2n) is 18.7. The first-order valence-electron chi connectivity index (χ1n) is 26.2. The molecule has 0 radical (unpaired) electrons. The van der Waals surface area contributed by atoms with Crippen molar-refractivity contribution in [3.63, 3.8) is 0 Å². The van der Waals surface area contributed by atoms with Crippen LogP contribution in [0.1, 0.15) is 19.4 Å². The Labute approximate surface area is 395 Å². The molecule has 314 valence electrons. The standard InChI is InChI=1S/C60H35BN6O/c1-32-36-22-9-13-26-40(36)64-55-51-46(38-24-11-15-28-42(38)62(51)34-18-5-3-6-19-34)57-49-53(55)66(59(32)64)44-30-17-31-45-48(44)61(49)50-54-56(65-41-27-14-10-23-37(41)33(2)60(65)67(45)54)52-47(58(50)68-57)39-25-12-16-29-43(39)63(52)35-20-7-4-8-21-35/h3-31H,1-2H3/i1D3,2D3. The first kappa shape index (κ1) is 29.6. The number of hydrogen-bond acceptors (Lipinski definition) is 1. The van der Waals surface area contributed by atoms with Crippen LogP contribution in [-0.4, -0.2) is 33.8 Å². The van der Waals surface area contributed by atoms with Gasteiger partial charge in [0, 0.05) is 74.6 Å². The van der Waals surface area contributed by atoms with Crippen LogP contribution in [0, 0.1) is 13.7 Å². The fraction of sp³-hybridized carbons (Fsp3) is 0.0333. The monoisotopic (exact) mass is 872 g/mol. The first-order chi connectivity index (χ1) is 36.1. The van der Waals surface area contributed by atoms with Gasteiger partial charge in [0.25, 0.3) is 6.71 Å². The number of benzene rings is 9. The van der Waals surface area contributed by atoms with Crippen molar-refractivity contribution >= 4 is 122 Å². The van der Waals surface area contributed by atoms with E-state index in [0.29, 0.717) is 22.1 Å². The minimum absolute atomic E-state index is 0.266. The number of aromatic nitrogens is 6. The molecular formula is C60H35BN6O. The maximum atomic E-state index is 9.36.